The number of fused-ring (bicyclic) bond motifs is 1. The van der Waals surface area contributed by atoms with E-state index in [0.29, 0.717) is 18.6 Å². The predicted molar refractivity (Wildman–Crippen MR) is 170 cm³/mol. The first kappa shape index (κ1) is 32.9. The molecule has 2 heterocycles. The number of amides is 1. The first-order chi connectivity index (χ1) is 21.6. The maximum atomic E-state index is 13.2. The van der Waals surface area contributed by atoms with Crippen LogP contribution in [0.2, 0.25) is 0 Å². The number of benzene rings is 3. The lowest BCUT2D eigenvalue weighted by molar-refractivity contribution is -0.166. The average Bonchev–Trinajstić information content (AvgIpc) is 3.06. The van der Waals surface area contributed by atoms with E-state index in [1.54, 1.807) is 0 Å². The molecule has 1 fully saturated rings. The number of carboxylic acid groups (broad SMARTS) is 2. The highest BCUT2D eigenvalue weighted by Gasteiger charge is 2.40. The lowest BCUT2D eigenvalue weighted by atomic mass is 9.84. The number of hydrogen-bond donors (Lipinski definition) is 2. The van der Waals surface area contributed by atoms with Crippen LogP contribution in [0.4, 0.5) is 5.69 Å². The summed E-state index contributed by atoms with van der Waals surface area (Å²) in [5.74, 6) is -2.62. The number of carboxylic acids is 2. The molecule has 5 rings (SSSR count). The lowest BCUT2D eigenvalue weighted by Gasteiger charge is -2.46. The molecular formula is C35H39N3O7. The Balaban J connectivity index is 0.000000510. The normalized spacial score (nSPS) is 17.6. The Morgan fingerprint density at radius 3 is 1.98 bits per heavy atom. The van der Waals surface area contributed by atoms with Gasteiger partial charge in [-0.3, -0.25) is 9.59 Å². The number of carbonyl (C=O) groups excluding carboxylic acids is 2. The number of rotatable bonds is 9. The molecule has 0 saturated carbocycles. The molecule has 236 valence electrons. The van der Waals surface area contributed by atoms with E-state index >= 15 is 0 Å². The van der Waals surface area contributed by atoms with E-state index in [1.807, 2.05) is 73.5 Å². The van der Waals surface area contributed by atoms with E-state index < -0.39 is 17.5 Å². The van der Waals surface area contributed by atoms with Crippen molar-refractivity contribution in [3.05, 3.63) is 114 Å². The van der Waals surface area contributed by atoms with Crippen LogP contribution in [0.15, 0.2) is 97.1 Å². The number of hydrogen-bond acceptors (Lipinski definition) is 7. The van der Waals surface area contributed by atoms with Crippen molar-refractivity contribution in [1.29, 1.82) is 0 Å². The second-order valence-electron chi connectivity index (χ2n) is 11.0. The first-order valence-corrected chi connectivity index (χ1v) is 15.0. The molecular weight excluding hydrogens is 574 g/mol. The van der Waals surface area contributed by atoms with Crippen LogP contribution in [0, 0.1) is 0 Å². The van der Waals surface area contributed by atoms with Crippen molar-refractivity contribution in [2.75, 3.05) is 38.1 Å². The number of para-hydroxylation sites is 1. The van der Waals surface area contributed by atoms with Gasteiger partial charge in [0.25, 0.3) is 5.91 Å². The van der Waals surface area contributed by atoms with Gasteiger partial charge in [0.1, 0.15) is 11.8 Å². The quantitative estimate of drug-likeness (QED) is 0.255. The van der Waals surface area contributed by atoms with Crippen molar-refractivity contribution in [3.8, 4) is 0 Å². The van der Waals surface area contributed by atoms with Crippen molar-refractivity contribution >= 4 is 29.5 Å². The standard InChI is InChI=1S/C31H35N3O3.C4H4O4/c1-3-28(35)37-31(25-14-8-5-9-15-25)18-20-33(21-19-31)22-23-34-27-17-11-10-16-26(27)30(36)32(2)29(34)24-12-6-4-7-13-24;5-3(6)1-2-4(7)8/h4-17,29H,3,18-23H2,1-2H3;1-2H,(H,5,6)(H,7,8). The molecule has 0 aromatic heterocycles. The number of anilines is 1. The number of piperidine rings is 1. The Labute approximate surface area is 263 Å². The maximum Gasteiger partial charge on any atom is 0.328 e. The number of esters is 1. The van der Waals surface area contributed by atoms with E-state index in [1.165, 1.54) is 0 Å². The van der Waals surface area contributed by atoms with Crippen molar-refractivity contribution in [2.24, 2.45) is 0 Å². The molecule has 2 N–H and O–H groups in total. The molecule has 2 aliphatic rings. The third-order valence-electron chi connectivity index (χ3n) is 8.11. The molecule has 1 atom stereocenters. The SMILES string of the molecule is CCC(=O)OC1(c2ccccc2)CCN(CCN2c3ccccc3C(=O)N(C)C2c2ccccc2)CC1.O=C(O)C=CC(=O)O. The summed E-state index contributed by atoms with van der Waals surface area (Å²) in [6.07, 6.45) is 2.85. The summed E-state index contributed by atoms with van der Waals surface area (Å²) in [7, 11) is 1.89. The summed E-state index contributed by atoms with van der Waals surface area (Å²) in [6, 6.07) is 28.3. The molecule has 2 aliphatic heterocycles. The Morgan fingerprint density at radius 1 is 0.844 bits per heavy atom. The van der Waals surface area contributed by atoms with E-state index in [0.717, 1.165) is 61.4 Å². The van der Waals surface area contributed by atoms with E-state index in [9.17, 15) is 19.2 Å². The zero-order valence-corrected chi connectivity index (χ0v) is 25.5. The van der Waals surface area contributed by atoms with Crippen LogP contribution in [0.3, 0.4) is 0 Å². The van der Waals surface area contributed by atoms with Gasteiger partial charge in [-0.1, -0.05) is 79.7 Å². The smallest absolute Gasteiger partial charge is 0.328 e. The van der Waals surface area contributed by atoms with E-state index in [4.69, 9.17) is 14.9 Å². The maximum absolute atomic E-state index is 13.2. The van der Waals surface area contributed by atoms with E-state index in [2.05, 4.69) is 40.1 Å². The van der Waals surface area contributed by atoms with Gasteiger partial charge < -0.3 is 29.6 Å². The minimum atomic E-state index is -1.26. The molecule has 3 aromatic rings. The minimum Gasteiger partial charge on any atom is -0.478 e. The molecule has 0 spiro atoms. The molecule has 1 saturated heterocycles. The second-order valence-corrected chi connectivity index (χ2v) is 11.0. The number of likely N-dealkylation sites (tertiary alicyclic amines) is 1. The third kappa shape index (κ3) is 8.16. The number of ether oxygens (including phenoxy) is 1. The molecule has 10 nitrogen and oxygen atoms in total. The Morgan fingerprint density at radius 2 is 1.40 bits per heavy atom. The molecule has 0 bridgehead atoms. The Kier molecular flexibility index (Phi) is 11.1. The highest BCUT2D eigenvalue weighted by molar-refractivity contribution is 6.02. The van der Waals surface area contributed by atoms with Gasteiger partial charge in [-0.05, 0) is 23.3 Å². The highest BCUT2D eigenvalue weighted by Crippen LogP contribution is 2.39. The summed E-state index contributed by atoms with van der Waals surface area (Å²) >= 11 is 0. The monoisotopic (exact) mass is 613 g/mol. The van der Waals surface area contributed by atoms with Crippen LogP contribution in [0.1, 0.15) is 53.8 Å². The predicted octanol–water partition coefficient (Wildman–Crippen LogP) is 4.93. The van der Waals surface area contributed by atoms with Crippen molar-refractivity contribution < 1.29 is 34.1 Å². The van der Waals surface area contributed by atoms with Crippen LogP contribution in [-0.2, 0) is 24.7 Å². The summed E-state index contributed by atoms with van der Waals surface area (Å²) < 4.78 is 6.08. The first-order valence-electron chi connectivity index (χ1n) is 15.0. The summed E-state index contributed by atoms with van der Waals surface area (Å²) in [5, 5.41) is 15.6. The summed E-state index contributed by atoms with van der Waals surface area (Å²) in [5.41, 5.74) is 3.33. The van der Waals surface area contributed by atoms with Crippen LogP contribution in [0.5, 0.6) is 0 Å². The largest absolute Gasteiger partial charge is 0.478 e. The molecule has 1 amide bonds. The number of aliphatic carboxylic acids is 2. The fourth-order valence-electron chi connectivity index (χ4n) is 5.83. The lowest BCUT2D eigenvalue weighted by Crippen LogP contribution is -2.51. The Hall–Kier alpha value is -4.96. The van der Waals surface area contributed by atoms with Crippen molar-refractivity contribution in [1.82, 2.24) is 9.80 Å². The second kappa shape index (κ2) is 15.2. The highest BCUT2D eigenvalue weighted by atomic mass is 16.6. The average molecular weight is 614 g/mol. The van der Waals surface area contributed by atoms with Gasteiger partial charge in [0, 0.05) is 64.6 Å². The van der Waals surface area contributed by atoms with Crippen molar-refractivity contribution in [2.45, 2.75) is 38.0 Å². The minimum absolute atomic E-state index is 0.0454. The zero-order valence-electron chi connectivity index (χ0n) is 25.5. The van der Waals surface area contributed by atoms with Gasteiger partial charge in [0.15, 0.2) is 0 Å². The summed E-state index contributed by atoms with van der Waals surface area (Å²) in [6.45, 7) is 5.16. The van der Waals surface area contributed by atoms with Gasteiger partial charge in [-0.25, -0.2) is 9.59 Å². The summed E-state index contributed by atoms with van der Waals surface area (Å²) in [4.78, 5) is 51.3. The van der Waals surface area contributed by atoms with Crippen LogP contribution >= 0.6 is 0 Å². The fraction of sp³-hybridized carbons (Fsp3) is 0.314. The molecule has 10 heteroatoms. The van der Waals surface area contributed by atoms with E-state index in [-0.39, 0.29) is 18.0 Å². The number of carbonyl (C=O) groups is 4. The zero-order chi connectivity index (χ0) is 32.4. The van der Waals surface area contributed by atoms with Gasteiger partial charge in [0.05, 0.1) is 11.3 Å². The molecule has 45 heavy (non-hydrogen) atoms. The van der Waals surface area contributed by atoms with Crippen molar-refractivity contribution in [3.63, 3.8) is 0 Å². The van der Waals surface area contributed by atoms with Gasteiger partial charge in [-0.2, -0.15) is 0 Å². The van der Waals surface area contributed by atoms with Crippen LogP contribution in [-0.4, -0.2) is 77.1 Å². The number of nitrogens with zero attached hydrogens (tertiary/aromatic N) is 3. The van der Waals surface area contributed by atoms with Crippen LogP contribution in [0.25, 0.3) is 0 Å². The molecule has 3 aromatic carbocycles. The fourth-order valence-corrected chi connectivity index (χ4v) is 5.83. The molecule has 0 aliphatic carbocycles. The van der Waals surface area contributed by atoms with Gasteiger partial charge >= 0.3 is 17.9 Å². The topological polar surface area (TPSA) is 128 Å². The molecule has 0 radical (unpaired) electrons. The molecule has 1 unspecified atom stereocenters. The Bertz CT molecular complexity index is 1490. The van der Waals surface area contributed by atoms with Gasteiger partial charge in [-0.15, -0.1) is 0 Å². The third-order valence-corrected chi connectivity index (χ3v) is 8.11. The van der Waals surface area contributed by atoms with Crippen LogP contribution < -0.4 is 4.90 Å². The van der Waals surface area contributed by atoms with Gasteiger partial charge in [0.2, 0.25) is 0 Å².